The fourth-order valence-electron chi connectivity index (χ4n) is 4.45. The summed E-state index contributed by atoms with van der Waals surface area (Å²) in [5.41, 5.74) is 0.488. The van der Waals surface area contributed by atoms with Gasteiger partial charge >= 0.3 is 5.97 Å². The Hall–Kier alpha value is -1.89. The van der Waals surface area contributed by atoms with Gasteiger partial charge in [-0.1, -0.05) is 46.6 Å². The van der Waals surface area contributed by atoms with Gasteiger partial charge in [-0.15, -0.1) is 0 Å². The number of likely N-dealkylation sites (N-methyl/N-ethyl adjacent to an activating group) is 1. The highest BCUT2D eigenvalue weighted by atomic mass is 16.5. The summed E-state index contributed by atoms with van der Waals surface area (Å²) in [4.78, 5) is 43.0. The van der Waals surface area contributed by atoms with Gasteiger partial charge in [0.15, 0.2) is 0 Å². The van der Waals surface area contributed by atoms with Crippen LogP contribution in [0.1, 0.15) is 81.1 Å². The first-order valence-electron chi connectivity index (χ1n) is 12.6. The highest BCUT2D eigenvalue weighted by molar-refractivity contribution is 5.91. The van der Waals surface area contributed by atoms with Crippen molar-refractivity contribution in [2.24, 2.45) is 11.8 Å². The lowest BCUT2D eigenvalue weighted by Crippen LogP contribution is -2.58. The lowest BCUT2D eigenvalue weighted by atomic mass is 9.93. The first-order chi connectivity index (χ1) is 15.5. The van der Waals surface area contributed by atoms with Gasteiger partial charge < -0.3 is 15.0 Å². The smallest absolute Gasteiger partial charge is 0.333 e. The number of nitrogens with zero attached hydrogens (tertiary/aromatic N) is 2. The van der Waals surface area contributed by atoms with Crippen LogP contribution in [0.4, 0.5) is 0 Å². The lowest BCUT2D eigenvalue weighted by Gasteiger charge is -2.39. The van der Waals surface area contributed by atoms with Crippen molar-refractivity contribution in [3.8, 4) is 0 Å². The Kier molecular flexibility index (Phi) is 12.1. The van der Waals surface area contributed by atoms with Crippen LogP contribution in [0.2, 0.25) is 0 Å². The first-order valence-corrected chi connectivity index (χ1v) is 12.6. The number of carbonyl (C=O) groups excluding carboxylic acids is 3. The largest absolute Gasteiger partial charge is 0.463 e. The van der Waals surface area contributed by atoms with Crippen molar-refractivity contribution in [2.75, 3.05) is 20.2 Å². The molecule has 7 heteroatoms. The number of rotatable bonds is 11. The molecule has 0 unspecified atom stereocenters. The van der Waals surface area contributed by atoms with E-state index in [1.165, 1.54) is 0 Å². The number of hydrogen-bond acceptors (Lipinski definition) is 5. The van der Waals surface area contributed by atoms with Gasteiger partial charge in [-0.2, -0.15) is 0 Å². The van der Waals surface area contributed by atoms with Crippen molar-refractivity contribution in [1.82, 2.24) is 15.1 Å². The quantitative estimate of drug-likeness (QED) is 0.371. The Morgan fingerprint density at radius 2 is 1.76 bits per heavy atom. The van der Waals surface area contributed by atoms with Gasteiger partial charge in [0, 0.05) is 18.7 Å². The minimum atomic E-state index is -0.624. The molecule has 0 aromatic rings. The summed E-state index contributed by atoms with van der Waals surface area (Å²) in [6.45, 7) is 17.0. The standard InChI is InChI=1S/C26H47N3O4/c1-10-19(7)22(16-20(8)26(32)33-11-2)28(9)25(31)23(17(3)4)27-24(30)21-14-12-13-15-29(21)18(5)6/h16-19,21-23H,10-15H2,1-9H3,(H,27,30)/t19-,21+,22+,23-/m0/s1. The minimum absolute atomic E-state index is 0.0623. The molecule has 0 spiro atoms. The summed E-state index contributed by atoms with van der Waals surface area (Å²) in [5, 5.41) is 3.08. The van der Waals surface area contributed by atoms with Crippen molar-refractivity contribution in [2.45, 2.75) is 105 Å². The number of ether oxygens (including phenoxy) is 1. The Labute approximate surface area is 201 Å². The Morgan fingerprint density at radius 1 is 1.12 bits per heavy atom. The van der Waals surface area contributed by atoms with Crippen LogP contribution in [0.5, 0.6) is 0 Å². The van der Waals surface area contributed by atoms with Gasteiger partial charge in [0.25, 0.3) is 0 Å². The van der Waals surface area contributed by atoms with E-state index in [1.807, 2.05) is 19.9 Å². The van der Waals surface area contributed by atoms with Crippen molar-refractivity contribution in [3.05, 3.63) is 11.6 Å². The molecule has 1 saturated heterocycles. The average Bonchev–Trinajstić information content (AvgIpc) is 2.79. The number of nitrogens with one attached hydrogen (secondary N) is 1. The zero-order valence-corrected chi connectivity index (χ0v) is 22.3. The van der Waals surface area contributed by atoms with E-state index >= 15 is 0 Å². The minimum Gasteiger partial charge on any atom is -0.463 e. The SMILES string of the molecule is CCOC(=O)C(C)=C[C@H]([C@@H](C)CC)N(C)C(=O)[C@@H](NC(=O)[C@H]1CCCCN1C(C)C)C(C)C. The Morgan fingerprint density at radius 3 is 2.27 bits per heavy atom. The zero-order chi connectivity index (χ0) is 25.3. The molecule has 7 nitrogen and oxygen atoms in total. The van der Waals surface area contributed by atoms with Gasteiger partial charge in [-0.25, -0.2) is 4.79 Å². The maximum Gasteiger partial charge on any atom is 0.333 e. The third-order valence-corrected chi connectivity index (χ3v) is 6.78. The van der Waals surface area contributed by atoms with Crippen LogP contribution in [0, 0.1) is 11.8 Å². The molecule has 1 fully saturated rings. The van der Waals surface area contributed by atoms with E-state index in [9.17, 15) is 14.4 Å². The summed E-state index contributed by atoms with van der Waals surface area (Å²) in [6, 6.07) is -0.815. The number of likely N-dealkylation sites (tertiary alicyclic amines) is 1. The molecule has 33 heavy (non-hydrogen) atoms. The van der Waals surface area contributed by atoms with Crippen LogP contribution >= 0.6 is 0 Å². The molecule has 1 rings (SSSR count). The van der Waals surface area contributed by atoms with E-state index in [2.05, 4.69) is 37.9 Å². The highest BCUT2D eigenvalue weighted by Gasteiger charge is 2.36. The van der Waals surface area contributed by atoms with E-state index in [4.69, 9.17) is 4.74 Å². The van der Waals surface area contributed by atoms with Crippen LogP contribution in [0.3, 0.4) is 0 Å². The Balaban J connectivity index is 3.10. The third kappa shape index (κ3) is 8.13. The van der Waals surface area contributed by atoms with Crippen LogP contribution in [-0.2, 0) is 19.1 Å². The molecular weight excluding hydrogens is 418 g/mol. The molecule has 1 aliphatic rings. The van der Waals surface area contributed by atoms with E-state index in [-0.39, 0.29) is 47.7 Å². The molecular formula is C26H47N3O4. The summed E-state index contributed by atoms with van der Waals surface area (Å²) < 4.78 is 5.12. The monoisotopic (exact) mass is 465 g/mol. The van der Waals surface area contributed by atoms with E-state index < -0.39 is 6.04 Å². The topological polar surface area (TPSA) is 79.0 Å². The molecule has 0 radical (unpaired) electrons. The van der Waals surface area contributed by atoms with E-state index in [0.29, 0.717) is 12.2 Å². The highest BCUT2D eigenvalue weighted by Crippen LogP contribution is 2.22. The summed E-state index contributed by atoms with van der Waals surface area (Å²) >= 11 is 0. The van der Waals surface area contributed by atoms with E-state index in [0.717, 1.165) is 32.2 Å². The summed E-state index contributed by atoms with van der Waals surface area (Å²) in [6.07, 6.45) is 5.61. The van der Waals surface area contributed by atoms with Crippen LogP contribution in [-0.4, -0.2) is 72.0 Å². The lowest BCUT2D eigenvalue weighted by molar-refractivity contribution is -0.140. The molecule has 0 aromatic carbocycles. The van der Waals surface area contributed by atoms with E-state index in [1.54, 1.807) is 25.8 Å². The fraction of sp³-hybridized carbons (Fsp3) is 0.808. The molecule has 0 saturated carbocycles. The van der Waals surface area contributed by atoms with Crippen LogP contribution in [0.15, 0.2) is 11.6 Å². The van der Waals surface area contributed by atoms with Crippen molar-refractivity contribution >= 4 is 17.8 Å². The molecule has 190 valence electrons. The number of amides is 2. The normalized spacial score (nSPS) is 20.3. The average molecular weight is 466 g/mol. The number of esters is 1. The molecule has 1 heterocycles. The van der Waals surface area contributed by atoms with Crippen molar-refractivity contribution in [3.63, 3.8) is 0 Å². The van der Waals surface area contributed by atoms with Crippen LogP contribution < -0.4 is 5.32 Å². The van der Waals surface area contributed by atoms with Crippen molar-refractivity contribution in [1.29, 1.82) is 0 Å². The van der Waals surface area contributed by atoms with Gasteiger partial charge in [0.1, 0.15) is 6.04 Å². The second-order valence-electron chi connectivity index (χ2n) is 9.97. The summed E-state index contributed by atoms with van der Waals surface area (Å²) in [7, 11) is 1.76. The molecule has 4 atom stereocenters. The fourth-order valence-corrected chi connectivity index (χ4v) is 4.45. The molecule has 0 aromatic heterocycles. The third-order valence-electron chi connectivity index (χ3n) is 6.78. The van der Waals surface area contributed by atoms with Gasteiger partial charge in [0.2, 0.25) is 11.8 Å². The predicted molar refractivity (Wildman–Crippen MR) is 133 cm³/mol. The predicted octanol–water partition coefficient (Wildman–Crippen LogP) is 3.77. The molecule has 0 bridgehead atoms. The summed E-state index contributed by atoms with van der Waals surface area (Å²) in [5.74, 6) is -0.494. The second kappa shape index (κ2) is 13.7. The number of piperidine rings is 1. The van der Waals surface area contributed by atoms with Gasteiger partial charge in [-0.05, 0) is 58.9 Å². The second-order valence-corrected chi connectivity index (χ2v) is 9.97. The molecule has 2 amide bonds. The zero-order valence-electron chi connectivity index (χ0n) is 22.3. The molecule has 1 N–H and O–H groups in total. The molecule has 1 aliphatic heterocycles. The van der Waals surface area contributed by atoms with Gasteiger partial charge in [-0.3, -0.25) is 14.5 Å². The number of carbonyl (C=O) groups is 3. The van der Waals surface area contributed by atoms with Gasteiger partial charge in [0.05, 0.1) is 18.7 Å². The Bertz CT molecular complexity index is 689. The van der Waals surface area contributed by atoms with Crippen LogP contribution in [0.25, 0.3) is 0 Å². The first kappa shape index (κ1) is 29.1. The molecule has 0 aliphatic carbocycles. The maximum absolute atomic E-state index is 13.6. The van der Waals surface area contributed by atoms with Crippen molar-refractivity contribution < 1.29 is 19.1 Å². The number of hydrogen-bond donors (Lipinski definition) is 1. The maximum atomic E-state index is 13.6.